The van der Waals surface area contributed by atoms with E-state index in [9.17, 15) is 9.90 Å². The number of aromatic hydroxyl groups is 1. The van der Waals surface area contributed by atoms with Crippen LogP contribution >= 0.6 is 11.6 Å². The Morgan fingerprint density at radius 2 is 1.96 bits per heavy atom. The Hall–Kier alpha value is -2.90. The average Bonchev–Trinajstić information content (AvgIpc) is 3.07. The number of aromatic carboxylic acids is 1. The van der Waals surface area contributed by atoms with Crippen molar-refractivity contribution >= 4 is 17.6 Å². The molecule has 8 heteroatoms. The van der Waals surface area contributed by atoms with E-state index in [4.69, 9.17) is 21.4 Å². The van der Waals surface area contributed by atoms with Gasteiger partial charge in [0.25, 0.3) is 0 Å². The summed E-state index contributed by atoms with van der Waals surface area (Å²) in [5.74, 6) is -1.72. The van der Waals surface area contributed by atoms with Crippen LogP contribution in [0.25, 0.3) is 5.69 Å². The number of rotatable bonds is 6. The van der Waals surface area contributed by atoms with E-state index in [1.54, 1.807) is 6.20 Å². The summed E-state index contributed by atoms with van der Waals surface area (Å²) in [5, 5.41) is 27.3. The first kappa shape index (κ1) is 17.9. The maximum absolute atomic E-state index is 11.2. The fourth-order valence-corrected chi connectivity index (χ4v) is 2.58. The second-order valence-corrected chi connectivity index (χ2v) is 6.20. The third-order valence-corrected chi connectivity index (χ3v) is 3.93. The fourth-order valence-electron chi connectivity index (χ4n) is 2.36. The molecule has 2 N–H and O–H groups in total. The van der Waals surface area contributed by atoms with Gasteiger partial charge in [0.15, 0.2) is 5.75 Å². The van der Waals surface area contributed by atoms with Gasteiger partial charge >= 0.3 is 5.97 Å². The summed E-state index contributed by atoms with van der Waals surface area (Å²) in [6.07, 6.45) is 1.55. The minimum Gasteiger partial charge on any atom is -0.505 e. The summed E-state index contributed by atoms with van der Waals surface area (Å²) in [6, 6.07) is 10.6. The zero-order valence-corrected chi connectivity index (χ0v) is 14.6. The Kier molecular flexibility index (Phi) is 5.20. The molecule has 0 fully saturated rings. The first-order valence-corrected chi connectivity index (χ1v) is 8.12. The lowest BCUT2D eigenvalue weighted by Crippen LogP contribution is -2.02. The number of nitrogens with zero attached hydrogens (tertiary/aromatic N) is 3. The van der Waals surface area contributed by atoms with Crippen LogP contribution in [0.5, 0.6) is 5.75 Å². The molecule has 0 spiro atoms. The van der Waals surface area contributed by atoms with Gasteiger partial charge in [0, 0.05) is 5.02 Å². The van der Waals surface area contributed by atoms with Crippen molar-refractivity contribution in [3.05, 3.63) is 70.0 Å². The average molecular weight is 374 g/mol. The van der Waals surface area contributed by atoms with Crippen LogP contribution in [0.4, 0.5) is 0 Å². The summed E-state index contributed by atoms with van der Waals surface area (Å²) in [4.78, 5) is 11.2. The van der Waals surface area contributed by atoms with E-state index >= 15 is 0 Å². The second-order valence-electron chi connectivity index (χ2n) is 5.76. The van der Waals surface area contributed by atoms with Crippen LogP contribution in [0.2, 0.25) is 5.02 Å². The van der Waals surface area contributed by atoms with Crippen molar-refractivity contribution in [2.45, 2.75) is 20.1 Å². The van der Waals surface area contributed by atoms with Gasteiger partial charge in [-0.25, -0.2) is 9.48 Å². The smallest absolute Gasteiger partial charge is 0.339 e. The van der Waals surface area contributed by atoms with Crippen molar-refractivity contribution in [1.82, 2.24) is 15.0 Å². The molecule has 0 radical (unpaired) electrons. The van der Waals surface area contributed by atoms with Crippen LogP contribution in [0, 0.1) is 6.92 Å². The molecule has 0 aliphatic heterocycles. The number of phenols is 1. The summed E-state index contributed by atoms with van der Waals surface area (Å²) in [5.41, 5.74) is 2.58. The molecule has 0 aliphatic carbocycles. The molecular weight excluding hydrogens is 358 g/mol. The molecule has 0 bridgehead atoms. The molecule has 0 saturated heterocycles. The number of ether oxygens (including phenoxy) is 1. The van der Waals surface area contributed by atoms with Crippen molar-refractivity contribution in [3.8, 4) is 11.4 Å². The Labute approximate surface area is 154 Å². The van der Waals surface area contributed by atoms with Crippen LogP contribution in [0.1, 0.15) is 27.2 Å². The Morgan fingerprint density at radius 1 is 1.23 bits per heavy atom. The minimum absolute atomic E-state index is 0.132. The number of benzene rings is 2. The van der Waals surface area contributed by atoms with Gasteiger partial charge in [-0.15, -0.1) is 5.10 Å². The quantitative estimate of drug-likeness (QED) is 0.687. The zero-order chi connectivity index (χ0) is 18.7. The molecule has 0 unspecified atom stereocenters. The summed E-state index contributed by atoms with van der Waals surface area (Å²) in [6.45, 7) is 2.67. The Morgan fingerprint density at radius 3 is 2.65 bits per heavy atom. The zero-order valence-electron chi connectivity index (χ0n) is 13.9. The largest absolute Gasteiger partial charge is 0.505 e. The SMILES string of the molecule is Cc1ccc(COCc2cn(-c3cc(Cl)cc(C(=O)O)c3O)nn2)cc1. The van der Waals surface area contributed by atoms with Crippen molar-refractivity contribution in [3.63, 3.8) is 0 Å². The van der Waals surface area contributed by atoms with E-state index in [2.05, 4.69) is 10.3 Å². The lowest BCUT2D eigenvalue weighted by Gasteiger charge is -2.07. The summed E-state index contributed by atoms with van der Waals surface area (Å²) in [7, 11) is 0. The maximum atomic E-state index is 11.2. The molecule has 3 aromatic rings. The minimum atomic E-state index is -1.28. The highest BCUT2D eigenvalue weighted by Gasteiger charge is 2.17. The first-order chi connectivity index (χ1) is 12.4. The topological polar surface area (TPSA) is 97.5 Å². The van der Waals surface area contributed by atoms with Gasteiger partial charge in [0.2, 0.25) is 0 Å². The van der Waals surface area contributed by atoms with Gasteiger partial charge in [-0.2, -0.15) is 0 Å². The molecule has 1 heterocycles. The van der Waals surface area contributed by atoms with Crippen molar-refractivity contribution in [1.29, 1.82) is 0 Å². The van der Waals surface area contributed by atoms with Gasteiger partial charge < -0.3 is 14.9 Å². The number of aryl methyl sites for hydroxylation is 1. The number of carboxylic acids is 1. The molecule has 134 valence electrons. The third-order valence-electron chi connectivity index (χ3n) is 3.71. The molecule has 26 heavy (non-hydrogen) atoms. The van der Waals surface area contributed by atoms with Crippen molar-refractivity contribution < 1.29 is 19.7 Å². The highest BCUT2D eigenvalue weighted by molar-refractivity contribution is 6.31. The van der Waals surface area contributed by atoms with Crippen LogP contribution in [0.15, 0.2) is 42.6 Å². The number of hydrogen-bond acceptors (Lipinski definition) is 5. The first-order valence-electron chi connectivity index (χ1n) is 7.74. The highest BCUT2D eigenvalue weighted by Crippen LogP contribution is 2.30. The van der Waals surface area contributed by atoms with Gasteiger partial charge in [-0.1, -0.05) is 46.6 Å². The molecule has 0 atom stereocenters. The molecule has 3 rings (SSSR count). The molecule has 0 saturated carbocycles. The lowest BCUT2D eigenvalue weighted by atomic mass is 10.1. The summed E-state index contributed by atoms with van der Waals surface area (Å²) < 4.78 is 6.87. The van der Waals surface area contributed by atoms with E-state index in [1.807, 2.05) is 31.2 Å². The van der Waals surface area contributed by atoms with Gasteiger partial charge in [0.05, 0.1) is 19.4 Å². The maximum Gasteiger partial charge on any atom is 0.339 e. The molecule has 0 amide bonds. The van der Waals surface area contributed by atoms with Crippen molar-refractivity contribution in [2.75, 3.05) is 0 Å². The number of carbonyl (C=O) groups is 1. The van der Waals surface area contributed by atoms with Crippen LogP contribution in [-0.4, -0.2) is 31.2 Å². The van der Waals surface area contributed by atoms with E-state index in [-0.39, 0.29) is 22.9 Å². The van der Waals surface area contributed by atoms with Crippen LogP contribution in [0.3, 0.4) is 0 Å². The number of hydrogen-bond donors (Lipinski definition) is 2. The predicted molar refractivity (Wildman–Crippen MR) is 94.7 cm³/mol. The molecule has 2 aromatic carbocycles. The monoisotopic (exact) mass is 373 g/mol. The summed E-state index contributed by atoms with van der Waals surface area (Å²) >= 11 is 5.92. The molecule has 1 aromatic heterocycles. The predicted octanol–water partition coefficient (Wildman–Crippen LogP) is 3.35. The van der Waals surface area contributed by atoms with Gasteiger partial charge in [-0.3, -0.25) is 0 Å². The van der Waals surface area contributed by atoms with Crippen molar-refractivity contribution in [2.24, 2.45) is 0 Å². The molecule has 0 aliphatic rings. The number of carboxylic acid groups (broad SMARTS) is 1. The normalized spacial score (nSPS) is 10.8. The molecule has 7 nitrogen and oxygen atoms in total. The number of aromatic nitrogens is 3. The fraction of sp³-hybridized carbons (Fsp3) is 0.167. The van der Waals surface area contributed by atoms with Crippen LogP contribution in [-0.2, 0) is 18.0 Å². The Balaban J connectivity index is 1.72. The number of halogens is 1. The van der Waals surface area contributed by atoms with E-state index < -0.39 is 11.7 Å². The van der Waals surface area contributed by atoms with E-state index in [1.165, 1.54) is 22.4 Å². The Bertz CT molecular complexity index is 938. The highest BCUT2D eigenvalue weighted by atomic mass is 35.5. The van der Waals surface area contributed by atoms with E-state index in [0.29, 0.717) is 12.3 Å². The lowest BCUT2D eigenvalue weighted by molar-refractivity contribution is 0.0693. The van der Waals surface area contributed by atoms with E-state index in [0.717, 1.165) is 5.56 Å². The standard InChI is InChI=1S/C18H16ClN3O4/c1-11-2-4-12(5-3-11)9-26-10-14-8-22(21-20-14)16-7-13(19)6-15(17(16)23)18(24)25/h2-8,23H,9-10H2,1H3,(H,24,25). The van der Waals surface area contributed by atoms with Gasteiger partial charge in [0.1, 0.15) is 16.9 Å². The third kappa shape index (κ3) is 4.01. The van der Waals surface area contributed by atoms with Gasteiger partial charge in [-0.05, 0) is 24.6 Å². The molecular formula is C18H16ClN3O4. The van der Waals surface area contributed by atoms with Crippen LogP contribution < -0.4 is 0 Å². The second kappa shape index (κ2) is 7.55.